The molecular weight excluding hydrogens is 391 g/mol. The fourth-order valence-electron chi connectivity index (χ4n) is 3.84. The summed E-state index contributed by atoms with van der Waals surface area (Å²) in [6.07, 6.45) is 2.48. The number of hydrogen-bond donors (Lipinski definition) is 2. The molecule has 0 saturated carbocycles. The fourth-order valence-corrected chi connectivity index (χ4v) is 5.24. The van der Waals surface area contributed by atoms with Crippen molar-refractivity contribution in [3.05, 3.63) is 66.6 Å². The van der Waals surface area contributed by atoms with Crippen molar-refractivity contribution in [1.82, 2.24) is 14.3 Å². The van der Waals surface area contributed by atoms with E-state index >= 15 is 0 Å². The van der Waals surface area contributed by atoms with Gasteiger partial charge < -0.3 is 10.6 Å². The Morgan fingerprint density at radius 2 is 1.97 bits per heavy atom. The van der Waals surface area contributed by atoms with Crippen LogP contribution in [0, 0.1) is 5.82 Å². The van der Waals surface area contributed by atoms with Crippen LogP contribution < -0.4 is 10.6 Å². The number of nitrogens with one attached hydrogen (secondary N) is 2. The van der Waals surface area contributed by atoms with E-state index in [9.17, 15) is 12.8 Å². The Morgan fingerprint density at radius 1 is 1.10 bits per heavy atom. The molecule has 2 N–H and O–H groups in total. The van der Waals surface area contributed by atoms with E-state index in [2.05, 4.69) is 10.6 Å². The van der Waals surface area contributed by atoms with Crippen molar-refractivity contribution in [2.45, 2.75) is 17.4 Å². The zero-order valence-corrected chi connectivity index (χ0v) is 16.3. The lowest BCUT2D eigenvalue weighted by Crippen LogP contribution is -2.22. The predicted octanol–water partition coefficient (Wildman–Crippen LogP) is 3.34. The van der Waals surface area contributed by atoms with Crippen LogP contribution in [0.1, 0.15) is 6.42 Å². The highest BCUT2D eigenvalue weighted by Gasteiger charge is 2.24. The van der Waals surface area contributed by atoms with Crippen LogP contribution >= 0.6 is 0 Å². The van der Waals surface area contributed by atoms with E-state index in [-0.39, 0.29) is 10.9 Å². The summed E-state index contributed by atoms with van der Waals surface area (Å²) in [5, 5.41) is 8.20. The van der Waals surface area contributed by atoms with Crippen LogP contribution in [0.3, 0.4) is 0 Å². The highest BCUT2D eigenvalue weighted by atomic mass is 32.2. The van der Waals surface area contributed by atoms with Crippen LogP contribution in [0.2, 0.25) is 0 Å². The first-order valence-corrected chi connectivity index (χ1v) is 10.9. The Labute approximate surface area is 167 Å². The van der Waals surface area contributed by atoms with Crippen molar-refractivity contribution >= 4 is 37.6 Å². The lowest BCUT2D eigenvalue weighted by molar-refractivity contribution is 0.584. The first-order chi connectivity index (χ1) is 14.0. The van der Waals surface area contributed by atoms with Crippen LogP contribution in [0.15, 0.2) is 65.7 Å². The second-order valence-electron chi connectivity index (χ2n) is 7.15. The summed E-state index contributed by atoms with van der Waals surface area (Å²) in [5.74, 6) is 0.0609. The zero-order chi connectivity index (χ0) is 20.0. The maximum absolute atomic E-state index is 13.7. The Hall–Kier alpha value is -2.97. The standard InChI is InChI=1S/C21H19FN4O2S/c22-14-4-3-5-16(12-14)29(27,28)26-11-9-18-20(26)17-6-1-2-7-19(17)25-21(18)24-15-8-10-23-13-15/h1-7,9,11-12,15,23H,8,10,13H2,(H,24,25). The molecule has 1 saturated heterocycles. The Bertz CT molecular complexity index is 1330. The molecule has 2 aromatic heterocycles. The third kappa shape index (κ3) is 3.04. The number of aromatic nitrogens is 2. The van der Waals surface area contributed by atoms with Gasteiger partial charge in [0.2, 0.25) is 0 Å². The maximum atomic E-state index is 13.7. The molecule has 3 heterocycles. The van der Waals surface area contributed by atoms with Crippen molar-refractivity contribution in [2.75, 3.05) is 18.4 Å². The Morgan fingerprint density at radius 3 is 2.76 bits per heavy atom. The molecule has 148 valence electrons. The molecule has 5 rings (SSSR count). The lowest BCUT2D eigenvalue weighted by Gasteiger charge is -2.15. The number of para-hydroxylation sites is 1. The monoisotopic (exact) mass is 410 g/mol. The fraction of sp³-hybridized carbons (Fsp3) is 0.190. The smallest absolute Gasteiger partial charge is 0.268 e. The van der Waals surface area contributed by atoms with Crippen molar-refractivity contribution in [3.8, 4) is 0 Å². The maximum Gasteiger partial charge on any atom is 0.268 e. The van der Waals surface area contributed by atoms with E-state index in [0.717, 1.165) is 36.3 Å². The highest BCUT2D eigenvalue weighted by molar-refractivity contribution is 7.90. The van der Waals surface area contributed by atoms with Gasteiger partial charge in [0.05, 0.1) is 15.9 Å². The molecule has 1 unspecified atom stereocenters. The third-order valence-electron chi connectivity index (χ3n) is 5.25. The molecule has 1 atom stereocenters. The molecule has 1 fully saturated rings. The second-order valence-corrected chi connectivity index (χ2v) is 8.96. The number of pyridine rings is 1. The summed E-state index contributed by atoms with van der Waals surface area (Å²) in [6.45, 7) is 1.77. The highest BCUT2D eigenvalue weighted by Crippen LogP contribution is 2.33. The van der Waals surface area contributed by atoms with Crippen molar-refractivity contribution in [1.29, 1.82) is 0 Å². The number of hydrogen-bond acceptors (Lipinski definition) is 5. The van der Waals surface area contributed by atoms with Gasteiger partial charge in [-0.15, -0.1) is 0 Å². The minimum Gasteiger partial charge on any atom is -0.365 e. The number of anilines is 1. The molecule has 0 bridgehead atoms. The molecule has 0 spiro atoms. The van der Waals surface area contributed by atoms with E-state index in [1.807, 2.05) is 24.3 Å². The Balaban J connectivity index is 1.76. The van der Waals surface area contributed by atoms with Crippen LogP contribution in [0.4, 0.5) is 10.2 Å². The van der Waals surface area contributed by atoms with E-state index in [0.29, 0.717) is 16.9 Å². The third-order valence-corrected chi connectivity index (χ3v) is 6.92. The van der Waals surface area contributed by atoms with Crippen molar-refractivity contribution < 1.29 is 12.8 Å². The average Bonchev–Trinajstić information content (AvgIpc) is 3.38. The van der Waals surface area contributed by atoms with Crippen LogP contribution in [-0.4, -0.2) is 36.5 Å². The number of rotatable bonds is 4. The van der Waals surface area contributed by atoms with Gasteiger partial charge >= 0.3 is 0 Å². The number of nitrogens with zero attached hydrogens (tertiary/aromatic N) is 2. The van der Waals surface area contributed by atoms with Crippen LogP contribution in [0.5, 0.6) is 0 Å². The minimum atomic E-state index is -3.97. The molecule has 0 amide bonds. The normalized spacial score (nSPS) is 17.2. The molecule has 29 heavy (non-hydrogen) atoms. The molecule has 1 aliphatic heterocycles. The zero-order valence-electron chi connectivity index (χ0n) is 15.5. The predicted molar refractivity (Wildman–Crippen MR) is 111 cm³/mol. The average molecular weight is 410 g/mol. The van der Waals surface area contributed by atoms with Crippen molar-refractivity contribution in [2.24, 2.45) is 0 Å². The van der Waals surface area contributed by atoms with Gasteiger partial charge in [0.25, 0.3) is 10.0 Å². The van der Waals surface area contributed by atoms with Crippen molar-refractivity contribution in [3.63, 3.8) is 0 Å². The van der Waals surface area contributed by atoms with Gasteiger partial charge in [-0.2, -0.15) is 0 Å². The number of halogens is 1. The summed E-state index contributed by atoms with van der Waals surface area (Å²) in [4.78, 5) is 4.65. The van der Waals surface area contributed by atoms with E-state index in [4.69, 9.17) is 4.98 Å². The van der Waals surface area contributed by atoms with E-state index in [1.54, 1.807) is 6.07 Å². The van der Waals surface area contributed by atoms with E-state index in [1.165, 1.54) is 28.4 Å². The molecule has 6 nitrogen and oxygen atoms in total. The quantitative estimate of drug-likeness (QED) is 0.540. The second kappa shape index (κ2) is 6.82. The summed E-state index contributed by atoms with van der Waals surface area (Å²) in [5.41, 5.74) is 1.23. The molecule has 0 radical (unpaired) electrons. The number of benzene rings is 2. The Kier molecular flexibility index (Phi) is 4.25. The van der Waals surface area contributed by atoms with Gasteiger partial charge in [-0.1, -0.05) is 24.3 Å². The van der Waals surface area contributed by atoms with Gasteiger partial charge in [0.15, 0.2) is 0 Å². The molecule has 2 aromatic carbocycles. The first-order valence-electron chi connectivity index (χ1n) is 9.42. The van der Waals surface area contributed by atoms with Crippen LogP contribution in [-0.2, 0) is 10.0 Å². The van der Waals surface area contributed by atoms with E-state index < -0.39 is 15.8 Å². The minimum absolute atomic E-state index is 0.0922. The molecule has 8 heteroatoms. The van der Waals surface area contributed by atoms with Gasteiger partial charge in [0.1, 0.15) is 11.6 Å². The summed E-state index contributed by atoms with van der Waals surface area (Å²) < 4.78 is 41.5. The van der Waals surface area contributed by atoms with Gasteiger partial charge in [0, 0.05) is 29.6 Å². The van der Waals surface area contributed by atoms with Gasteiger partial charge in [-0.05, 0) is 43.3 Å². The number of fused-ring (bicyclic) bond motifs is 3. The lowest BCUT2D eigenvalue weighted by atomic mass is 10.1. The van der Waals surface area contributed by atoms with Gasteiger partial charge in [-0.25, -0.2) is 21.8 Å². The van der Waals surface area contributed by atoms with Gasteiger partial charge in [-0.3, -0.25) is 0 Å². The SMILES string of the molecule is O=S(=O)(c1cccc(F)c1)n1ccc2c(NC3CCNC3)nc3ccccc3c21. The summed E-state index contributed by atoms with van der Waals surface area (Å²) in [7, 11) is -3.97. The molecule has 4 aromatic rings. The summed E-state index contributed by atoms with van der Waals surface area (Å²) in [6, 6.07) is 14.5. The summed E-state index contributed by atoms with van der Waals surface area (Å²) >= 11 is 0. The largest absolute Gasteiger partial charge is 0.365 e. The first kappa shape index (κ1) is 18.1. The topological polar surface area (TPSA) is 76.0 Å². The molecule has 0 aliphatic carbocycles. The molecular formula is C21H19FN4O2S. The van der Waals surface area contributed by atoms with Crippen LogP contribution in [0.25, 0.3) is 21.8 Å². The molecule has 1 aliphatic rings.